The molecule has 21 heavy (non-hydrogen) atoms. The van der Waals surface area contributed by atoms with Crippen LogP contribution in [-0.2, 0) is 11.3 Å². The van der Waals surface area contributed by atoms with E-state index in [1.165, 1.54) is 0 Å². The number of nitrogens with zero attached hydrogens (tertiary/aromatic N) is 1. The molecule has 1 aromatic rings. The topological polar surface area (TPSA) is 66.9 Å². The third-order valence-corrected chi connectivity index (χ3v) is 3.50. The Bertz CT molecular complexity index is 559. The normalized spacial score (nSPS) is 12.5. The molecule has 0 unspecified atom stereocenters. The van der Waals surface area contributed by atoms with E-state index in [2.05, 4.69) is 31.1 Å². The summed E-state index contributed by atoms with van der Waals surface area (Å²) >= 11 is 0. The molecule has 1 rings (SSSR count). The Morgan fingerprint density at radius 2 is 1.76 bits per heavy atom. The minimum absolute atomic E-state index is 0.0191. The Morgan fingerprint density at radius 1 is 1.19 bits per heavy atom. The number of carbonyl (C=O) groups excluding carboxylic acids is 1. The average molecular weight is 295 g/mol. The SMILES string of the molecule is Cc1[nH]c(=O)n(CCC(=O)NC(C)(C)CC(C)(C)C)c1C. The van der Waals surface area contributed by atoms with Crippen molar-refractivity contribution in [2.24, 2.45) is 5.41 Å². The zero-order chi connectivity index (χ0) is 16.4. The lowest BCUT2D eigenvalue weighted by atomic mass is 9.82. The number of aromatic nitrogens is 2. The predicted octanol–water partition coefficient (Wildman–Crippen LogP) is 2.51. The molecule has 0 saturated heterocycles. The van der Waals surface area contributed by atoms with Gasteiger partial charge in [0, 0.05) is 29.9 Å². The third kappa shape index (κ3) is 5.40. The number of nitrogens with one attached hydrogen (secondary N) is 2. The fourth-order valence-electron chi connectivity index (χ4n) is 2.97. The molecular weight excluding hydrogens is 266 g/mol. The summed E-state index contributed by atoms with van der Waals surface area (Å²) in [4.78, 5) is 26.6. The second kappa shape index (κ2) is 6.08. The van der Waals surface area contributed by atoms with E-state index in [0.717, 1.165) is 17.8 Å². The van der Waals surface area contributed by atoms with Crippen molar-refractivity contribution in [1.82, 2.24) is 14.9 Å². The summed E-state index contributed by atoms with van der Waals surface area (Å²) < 4.78 is 1.62. The summed E-state index contributed by atoms with van der Waals surface area (Å²) in [5, 5.41) is 3.06. The summed E-state index contributed by atoms with van der Waals surface area (Å²) in [6, 6.07) is 0. The van der Waals surface area contributed by atoms with Gasteiger partial charge < -0.3 is 10.3 Å². The number of hydrogen-bond acceptors (Lipinski definition) is 2. The first-order valence-corrected chi connectivity index (χ1v) is 7.48. The van der Waals surface area contributed by atoms with Crippen LogP contribution in [0.3, 0.4) is 0 Å². The van der Waals surface area contributed by atoms with Gasteiger partial charge in [0.25, 0.3) is 0 Å². The van der Waals surface area contributed by atoms with Crippen LogP contribution >= 0.6 is 0 Å². The van der Waals surface area contributed by atoms with E-state index in [9.17, 15) is 9.59 Å². The van der Waals surface area contributed by atoms with Crippen LogP contribution in [0.5, 0.6) is 0 Å². The van der Waals surface area contributed by atoms with Crippen molar-refractivity contribution in [3.8, 4) is 0 Å². The average Bonchev–Trinajstić information content (AvgIpc) is 2.46. The van der Waals surface area contributed by atoms with E-state index in [1.54, 1.807) is 4.57 Å². The fourth-order valence-corrected chi connectivity index (χ4v) is 2.97. The molecule has 1 heterocycles. The number of aryl methyl sites for hydroxylation is 1. The number of H-pyrrole nitrogens is 1. The molecule has 0 aliphatic rings. The second-order valence-corrected chi connectivity index (χ2v) is 7.71. The van der Waals surface area contributed by atoms with Gasteiger partial charge in [0.05, 0.1) is 0 Å². The molecule has 120 valence electrons. The summed E-state index contributed by atoms with van der Waals surface area (Å²) in [6.07, 6.45) is 1.21. The van der Waals surface area contributed by atoms with Gasteiger partial charge in [-0.25, -0.2) is 4.79 Å². The molecule has 0 aliphatic carbocycles. The zero-order valence-corrected chi connectivity index (χ0v) is 14.4. The van der Waals surface area contributed by atoms with E-state index in [4.69, 9.17) is 0 Å². The maximum Gasteiger partial charge on any atom is 0.325 e. The number of aromatic amines is 1. The number of amides is 1. The van der Waals surface area contributed by atoms with Crippen molar-refractivity contribution in [3.05, 3.63) is 21.9 Å². The van der Waals surface area contributed by atoms with Crippen molar-refractivity contribution < 1.29 is 4.79 Å². The standard InChI is InChI=1S/C16H29N3O2/c1-11-12(2)19(14(21)17-11)9-8-13(20)18-16(6,7)10-15(3,4)5/h8-10H2,1-7H3,(H,17,21)(H,18,20). The maximum absolute atomic E-state index is 12.1. The van der Waals surface area contributed by atoms with Gasteiger partial charge >= 0.3 is 5.69 Å². The highest BCUT2D eigenvalue weighted by Crippen LogP contribution is 2.26. The number of rotatable bonds is 5. The van der Waals surface area contributed by atoms with Gasteiger partial charge in [-0.2, -0.15) is 0 Å². The summed E-state index contributed by atoms with van der Waals surface area (Å²) in [5.41, 5.74) is 1.51. The fraction of sp³-hybridized carbons (Fsp3) is 0.750. The van der Waals surface area contributed by atoms with Crippen molar-refractivity contribution in [2.75, 3.05) is 0 Å². The Balaban J connectivity index is 2.61. The van der Waals surface area contributed by atoms with E-state index in [-0.39, 0.29) is 22.6 Å². The summed E-state index contributed by atoms with van der Waals surface area (Å²) in [7, 11) is 0. The first kappa shape index (κ1) is 17.5. The largest absolute Gasteiger partial charge is 0.351 e. The molecule has 0 aromatic carbocycles. The summed E-state index contributed by atoms with van der Waals surface area (Å²) in [5.74, 6) is -0.0191. The summed E-state index contributed by atoms with van der Waals surface area (Å²) in [6.45, 7) is 14.7. The lowest BCUT2D eigenvalue weighted by Crippen LogP contribution is -2.46. The van der Waals surface area contributed by atoms with Crippen LogP contribution in [0.25, 0.3) is 0 Å². The van der Waals surface area contributed by atoms with Crippen LogP contribution in [0.15, 0.2) is 4.79 Å². The molecule has 0 saturated carbocycles. The minimum atomic E-state index is -0.247. The van der Waals surface area contributed by atoms with Gasteiger partial charge in [-0.1, -0.05) is 20.8 Å². The van der Waals surface area contributed by atoms with E-state index in [0.29, 0.717) is 13.0 Å². The Labute approximate surface area is 127 Å². The molecule has 0 bridgehead atoms. The van der Waals surface area contributed by atoms with Gasteiger partial charge in [0.2, 0.25) is 5.91 Å². The Kier molecular flexibility index (Phi) is 5.07. The van der Waals surface area contributed by atoms with Crippen LogP contribution in [-0.4, -0.2) is 21.0 Å². The quantitative estimate of drug-likeness (QED) is 0.876. The molecule has 0 aliphatic heterocycles. The number of imidazole rings is 1. The number of hydrogen-bond donors (Lipinski definition) is 2. The van der Waals surface area contributed by atoms with E-state index in [1.807, 2.05) is 27.7 Å². The zero-order valence-electron chi connectivity index (χ0n) is 14.4. The van der Waals surface area contributed by atoms with Crippen molar-refractivity contribution >= 4 is 5.91 Å². The number of carbonyl (C=O) groups is 1. The van der Waals surface area contributed by atoms with E-state index < -0.39 is 0 Å². The third-order valence-electron chi connectivity index (χ3n) is 3.50. The van der Waals surface area contributed by atoms with Crippen LogP contribution < -0.4 is 11.0 Å². The molecule has 0 spiro atoms. The highest BCUT2D eigenvalue weighted by molar-refractivity contribution is 5.76. The van der Waals surface area contributed by atoms with Gasteiger partial charge in [0.15, 0.2) is 0 Å². The molecule has 2 N–H and O–H groups in total. The molecule has 5 nitrogen and oxygen atoms in total. The van der Waals surface area contributed by atoms with Crippen LogP contribution in [0.2, 0.25) is 0 Å². The first-order chi connectivity index (χ1) is 9.41. The molecule has 1 amide bonds. The van der Waals surface area contributed by atoms with Gasteiger partial charge in [-0.05, 0) is 39.5 Å². The molecule has 0 fully saturated rings. The van der Waals surface area contributed by atoms with Crippen molar-refractivity contribution in [3.63, 3.8) is 0 Å². The van der Waals surface area contributed by atoms with Crippen molar-refractivity contribution in [1.29, 1.82) is 0 Å². The maximum atomic E-state index is 12.1. The lowest BCUT2D eigenvalue weighted by molar-refractivity contribution is -0.123. The molecular formula is C16H29N3O2. The van der Waals surface area contributed by atoms with Gasteiger partial charge in [-0.15, -0.1) is 0 Å². The second-order valence-electron chi connectivity index (χ2n) is 7.71. The minimum Gasteiger partial charge on any atom is -0.351 e. The predicted molar refractivity (Wildman–Crippen MR) is 85.4 cm³/mol. The Morgan fingerprint density at radius 3 is 2.19 bits per heavy atom. The first-order valence-electron chi connectivity index (χ1n) is 7.48. The lowest BCUT2D eigenvalue weighted by Gasteiger charge is -2.33. The van der Waals surface area contributed by atoms with Crippen LogP contribution in [0.1, 0.15) is 58.8 Å². The highest BCUT2D eigenvalue weighted by atomic mass is 16.2. The highest BCUT2D eigenvalue weighted by Gasteiger charge is 2.26. The van der Waals surface area contributed by atoms with Crippen LogP contribution in [0.4, 0.5) is 0 Å². The van der Waals surface area contributed by atoms with E-state index >= 15 is 0 Å². The molecule has 1 aromatic heterocycles. The molecule has 0 atom stereocenters. The monoisotopic (exact) mass is 295 g/mol. The Hall–Kier alpha value is -1.52. The van der Waals surface area contributed by atoms with Crippen LogP contribution in [0, 0.1) is 19.3 Å². The molecule has 5 heteroatoms. The smallest absolute Gasteiger partial charge is 0.325 e. The molecule has 0 radical (unpaired) electrons. The van der Waals surface area contributed by atoms with Gasteiger partial charge in [0.1, 0.15) is 0 Å². The van der Waals surface area contributed by atoms with Gasteiger partial charge in [-0.3, -0.25) is 9.36 Å². The van der Waals surface area contributed by atoms with Crippen molar-refractivity contribution in [2.45, 2.75) is 73.4 Å².